The molecule has 3 aliphatic heterocycles. The standard InChI is InChI=1S/C29H26F3N3O6S2/c1-40-19-13-15(9-10-18(19)41-14-20(36)34-11-5-2-6-12-34)21-22-24(42-25-23(21)43-28(39)33-25)27(38)35(26(22)37)17-8-4-3-7-16(17)29(30,31)32/h3-4,7-10,13,21-22,24H,2,5-6,11-12,14H2,1H3,(H,33,39)/t21-,22?,24?/m1/s1. The summed E-state index contributed by atoms with van der Waals surface area (Å²) < 4.78 is 53.0. The van der Waals surface area contributed by atoms with E-state index in [0.29, 0.717) is 33.5 Å². The smallest absolute Gasteiger partial charge is 0.418 e. The average Bonchev–Trinajstić information content (AvgIpc) is 3.49. The van der Waals surface area contributed by atoms with E-state index in [1.165, 1.54) is 19.2 Å². The number of carbonyl (C=O) groups excluding carboxylic acids is 3. The second-order valence-corrected chi connectivity index (χ2v) is 12.6. The number of alkyl halides is 3. The Kier molecular flexibility index (Phi) is 7.75. The Labute approximate surface area is 252 Å². The highest BCUT2D eigenvalue weighted by molar-refractivity contribution is 8.00. The molecule has 1 N–H and O–H groups in total. The second-order valence-electron chi connectivity index (χ2n) is 10.4. The first-order valence-electron chi connectivity index (χ1n) is 13.6. The number of thioether (sulfide) groups is 1. The zero-order valence-electron chi connectivity index (χ0n) is 22.8. The molecule has 0 bridgehead atoms. The average molecular weight is 634 g/mol. The molecule has 3 aromatic rings. The van der Waals surface area contributed by atoms with Gasteiger partial charge in [0, 0.05) is 23.9 Å². The van der Waals surface area contributed by atoms with Crippen molar-refractivity contribution in [1.82, 2.24) is 9.88 Å². The Bertz CT molecular complexity index is 1650. The summed E-state index contributed by atoms with van der Waals surface area (Å²) in [5.41, 5.74) is -1.12. The predicted molar refractivity (Wildman–Crippen MR) is 153 cm³/mol. The summed E-state index contributed by atoms with van der Waals surface area (Å²) in [6, 6.07) is 9.31. The van der Waals surface area contributed by atoms with Crippen LogP contribution in [0.1, 0.15) is 41.2 Å². The third-order valence-corrected chi connectivity index (χ3v) is 10.3. The molecule has 0 radical (unpaired) electrons. The number of aromatic amines is 1. The number of carbonyl (C=O) groups is 3. The normalized spacial score (nSPS) is 21.9. The molecule has 0 aliphatic carbocycles. The first-order chi connectivity index (χ1) is 20.6. The summed E-state index contributed by atoms with van der Waals surface area (Å²) in [5.74, 6) is -3.09. The third-order valence-electron chi connectivity index (χ3n) is 7.88. The molecular formula is C29H26F3N3O6S2. The SMILES string of the molecule is COc1cc([C@H]2c3sc(=O)[nH]c3SC3C(=O)N(c4ccccc4C(F)(F)F)C(=O)C32)ccc1OCC(=O)N1CCCCC1. The fraction of sp³-hybridized carbons (Fsp3) is 0.379. The van der Waals surface area contributed by atoms with Crippen molar-refractivity contribution >= 4 is 46.5 Å². The topological polar surface area (TPSA) is 109 Å². The summed E-state index contributed by atoms with van der Waals surface area (Å²) in [4.78, 5) is 57.8. The van der Waals surface area contributed by atoms with Gasteiger partial charge in [-0.3, -0.25) is 19.2 Å². The van der Waals surface area contributed by atoms with Gasteiger partial charge in [0.1, 0.15) is 5.25 Å². The highest BCUT2D eigenvalue weighted by atomic mass is 32.2. The van der Waals surface area contributed by atoms with E-state index in [1.54, 1.807) is 23.1 Å². The van der Waals surface area contributed by atoms with E-state index in [9.17, 15) is 32.3 Å². The number of hydrogen-bond donors (Lipinski definition) is 1. The molecule has 6 rings (SSSR count). The Morgan fingerprint density at radius 3 is 2.49 bits per heavy atom. The maximum atomic E-state index is 13.9. The first kappa shape index (κ1) is 29.3. The predicted octanol–water partition coefficient (Wildman–Crippen LogP) is 4.65. The molecule has 3 amide bonds. The number of amides is 3. The molecule has 9 nitrogen and oxygen atoms in total. The maximum absolute atomic E-state index is 13.9. The zero-order chi connectivity index (χ0) is 30.5. The molecule has 0 saturated carbocycles. The van der Waals surface area contributed by atoms with Crippen LogP contribution in [0.25, 0.3) is 0 Å². The van der Waals surface area contributed by atoms with Crippen LogP contribution in [-0.4, -0.2) is 59.7 Å². The summed E-state index contributed by atoms with van der Waals surface area (Å²) in [6.45, 7) is 1.17. The van der Waals surface area contributed by atoms with Crippen molar-refractivity contribution in [3.63, 3.8) is 0 Å². The van der Waals surface area contributed by atoms with Gasteiger partial charge in [0.25, 0.3) is 5.91 Å². The van der Waals surface area contributed by atoms with Crippen molar-refractivity contribution in [2.24, 2.45) is 5.92 Å². The van der Waals surface area contributed by atoms with Crippen LogP contribution in [0, 0.1) is 5.92 Å². The molecule has 3 atom stereocenters. The van der Waals surface area contributed by atoms with Crippen molar-refractivity contribution in [3.05, 3.63) is 68.1 Å². The fourth-order valence-electron chi connectivity index (χ4n) is 5.89. The monoisotopic (exact) mass is 633 g/mol. The van der Waals surface area contributed by atoms with Crippen molar-refractivity contribution in [3.8, 4) is 11.5 Å². The number of fused-ring (bicyclic) bond motifs is 2. The minimum atomic E-state index is -4.79. The van der Waals surface area contributed by atoms with E-state index in [0.717, 1.165) is 54.5 Å². The second kappa shape index (κ2) is 11.4. The summed E-state index contributed by atoms with van der Waals surface area (Å²) in [7, 11) is 1.41. The molecule has 2 unspecified atom stereocenters. The van der Waals surface area contributed by atoms with Crippen LogP contribution in [-0.2, 0) is 20.6 Å². The van der Waals surface area contributed by atoms with Crippen LogP contribution < -0.4 is 19.2 Å². The number of rotatable bonds is 6. The van der Waals surface area contributed by atoms with Crippen LogP contribution in [0.15, 0.2) is 52.3 Å². The Morgan fingerprint density at radius 2 is 1.77 bits per heavy atom. The highest BCUT2D eigenvalue weighted by Crippen LogP contribution is 2.54. The van der Waals surface area contributed by atoms with E-state index < -0.39 is 46.3 Å². The molecule has 3 aliphatic rings. The number of piperidine rings is 1. The lowest BCUT2D eigenvalue weighted by molar-refractivity contribution is -0.137. The van der Waals surface area contributed by atoms with Crippen molar-refractivity contribution in [2.45, 2.75) is 41.6 Å². The lowest BCUT2D eigenvalue weighted by Gasteiger charge is -2.30. The van der Waals surface area contributed by atoms with Gasteiger partial charge < -0.3 is 19.4 Å². The molecule has 226 valence electrons. The number of hydrogen-bond acceptors (Lipinski definition) is 8. The Hall–Kier alpha value is -3.78. The van der Waals surface area contributed by atoms with Crippen LogP contribution in [0.3, 0.4) is 0 Å². The number of methoxy groups -OCH3 is 1. The van der Waals surface area contributed by atoms with Gasteiger partial charge in [0.15, 0.2) is 18.1 Å². The van der Waals surface area contributed by atoms with Crippen LogP contribution in [0.5, 0.6) is 11.5 Å². The number of likely N-dealkylation sites (tertiary alicyclic amines) is 1. The minimum absolute atomic E-state index is 0.144. The van der Waals surface area contributed by atoms with Crippen LogP contribution in [0.4, 0.5) is 18.9 Å². The summed E-state index contributed by atoms with van der Waals surface area (Å²) in [6.07, 6.45) is -1.82. The van der Waals surface area contributed by atoms with Gasteiger partial charge in [-0.15, -0.1) is 0 Å². The van der Waals surface area contributed by atoms with Crippen LogP contribution in [0.2, 0.25) is 0 Å². The van der Waals surface area contributed by atoms with Gasteiger partial charge >= 0.3 is 11.0 Å². The number of H-pyrrole nitrogens is 1. The Morgan fingerprint density at radius 1 is 1.02 bits per heavy atom. The molecule has 14 heteroatoms. The third kappa shape index (κ3) is 5.30. The highest BCUT2D eigenvalue weighted by Gasteiger charge is 2.57. The number of para-hydroxylation sites is 1. The number of nitrogens with one attached hydrogen (secondary N) is 1. The molecule has 2 fully saturated rings. The molecular weight excluding hydrogens is 607 g/mol. The quantitative estimate of drug-likeness (QED) is 0.394. The maximum Gasteiger partial charge on any atom is 0.418 e. The van der Waals surface area contributed by atoms with Gasteiger partial charge in [0.05, 0.1) is 29.3 Å². The van der Waals surface area contributed by atoms with Crippen molar-refractivity contribution in [1.29, 1.82) is 0 Å². The number of ether oxygens (including phenoxy) is 2. The van der Waals surface area contributed by atoms with Crippen LogP contribution >= 0.6 is 23.1 Å². The largest absolute Gasteiger partial charge is 0.493 e. The number of halogens is 3. The van der Waals surface area contributed by atoms with E-state index >= 15 is 0 Å². The van der Waals surface area contributed by atoms with Gasteiger partial charge in [-0.1, -0.05) is 41.3 Å². The fourth-order valence-corrected chi connectivity index (χ4v) is 8.41. The van der Waals surface area contributed by atoms with Gasteiger partial charge in [0.2, 0.25) is 11.8 Å². The lowest BCUT2D eigenvalue weighted by atomic mass is 9.83. The number of imide groups is 1. The number of nitrogens with zero attached hydrogens (tertiary/aromatic N) is 2. The molecule has 43 heavy (non-hydrogen) atoms. The van der Waals surface area contributed by atoms with Crippen molar-refractivity contribution < 1.29 is 37.0 Å². The summed E-state index contributed by atoms with van der Waals surface area (Å²) >= 11 is 1.85. The van der Waals surface area contributed by atoms with Gasteiger partial charge in [-0.05, 0) is 49.1 Å². The van der Waals surface area contributed by atoms with Gasteiger partial charge in [-0.25, -0.2) is 4.90 Å². The van der Waals surface area contributed by atoms with Crippen molar-refractivity contribution in [2.75, 3.05) is 31.7 Å². The molecule has 1 aromatic heterocycles. The number of benzene rings is 2. The number of aromatic nitrogens is 1. The lowest BCUT2D eigenvalue weighted by Crippen LogP contribution is -2.38. The van der Waals surface area contributed by atoms with Gasteiger partial charge in [-0.2, -0.15) is 13.2 Å². The molecule has 0 spiro atoms. The Balaban J connectivity index is 1.35. The van der Waals surface area contributed by atoms with E-state index in [1.807, 2.05) is 0 Å². The molecule has 4 heterocycles. The van der Waals surface area contributed by atoms with E-state index in [-0.39, 0.29) is 28.9 Å². The number of anilines is 1. The van der Waals surface area contributed by atoms with E-state index in [2.05, 4.69) is 4.98 Å². The summed E-state index contributed by atoms with van der Waals surface area (Å²) in [5, 5.41) is -0.680. The van der Waals surface area contributed by atoms with E-state index in [4.69, 9.17) is 9.47 Å². The first-order valence-corrected chi connectivity index (χ1v) is 15.3. The molecule has 2 aromatic carbocycles. The molecule has 2 saturated heterocycles. The zero-order valence-corrected chi connectivity index (χ0v) is 24.4. The number of thiazole rings is 1. The minimum Gasteiger partial charge on any atom is -0.493 e.